The van der Waals surface area contributed by atoms with Gasteiger partial charge in [-0.05, 0) is 17.7 Å². The quantitative estimate of drug-likeness (QED) is 0.719. The lowest BCUT2D eigenvalue weighted by atomic mass is 10.0. The van der Waals surface area contributed by atoms with Crippen molar-refractivity contribution in [1.82, 2.24) is 4.98 Å². The molecule has 0 bridgehead atoms. The maximum absolute atomic E-state index is 13.7. The third-order valence-electron chi connectivity index (χ3n) is 3.21. The van der Waals surface area contributed by atoms with Crippen LogP contribution in [-0.4, -0.2) is 10.1 Å². The maximum atomic E-state index is 13.7. The van der Waals surface area contributed by atoms with Gasteiger partial charge in [-0.2, -0.15) is 4.39 Å². The summed E-state index contributed by atoms with van der Waals surface area (Å²) >= 11 is 0. The monoisotopic (exact) mass is 271 g/mol. The Morgan fingerprint density at radius 2 is 1.55 bits per heavy atom. The number of benzene rings is 2. The number of rotatable bonds is 2. The molecule has 0 saturated heterocycles. The zero-order valence-corrected chi connectivity index (χ0v) is 10.5. The highest BCUT2D eigenvalue weighted by atomic mass is 19.1. The summed E-state index contributed by atoms with van der Waals surface area (Å²) in [5.41, 5.74) is 1.34. The molecule has 2 nitrogen and oxygen atoms in total. The van der Waals surface area contributed by atoms with Crippen molar-refractivity contribution in [2.45, 2.75) is 6.42 Å². The SMILES string of the molecule is Oc1c(F)nc(Cc2ccc(F)cc2)c2ccccc12. The van der Waals surface area contributed by atoms with Gasteiger partial charge in [0.05, 0.1) is 5.69 Å². The molecular weight excluding hydrogens is 260 g/mol. The second-order valence-corrected chi connectivity index (χ2v) is 4.55. The zero-order chi connectivity index (χ0) is 14.1. The van der Waals surface area contributed by atoms with Gasteiger partial charge in [0, 0.05) is 17.2 Å². The third kappa shape index (κ3) is 2.20. The van der Waals surface area contributed by atoms with E-state index in [1.807, 2.05) is 0 Å². The standard InChI is InChI=1S/C16H11F2NO/c17-11-7-5-10(6-8-11)9-14-12-3-1-2-4-13(12)15(20)16(18)19-14/h1-8,20H,9H2. The van der Waals surface area contributed by atoms with Crippen molar-refractivity contribution in [3.63, 3.8) is 0 Å². The zero-order valence-electron chi connectivity index (χ0n) is 10.5. The van der Waals surface area contributed by atoms with Crippen molar-refractivity contribution in [1.29, 1.82) is 0 Å². The van der Waals surface area contributed by atoms with Gasteiger partial charge < -0.3 is 5.11 Å². The van der Waals surface area contributed by atoms with Gasteiger partial charge in [0.2, 0.25) is 0 Å². The lowest BCUT2D eigenvalue weighted by Crippen LogP contribution is -1.97. The third-order valence-corrected chi connectivity index (χ3v) is 3.21. The normalized spacial score (nSPS) is 10.9. The Balaban J connectivity index is 2.11. The second-order valence-electron chi connectivity index (χ2n) is 4.55. The predicted molar refractivity (Wildman–Crippen MR) is 72.6 cm³/mol. The fraction of sp³-hybridized carbons (Fsp3) is 0.0625. The smallest absolute Gasteiger partial charge is 0.255 e. The van der Waals surface area contributed by atoms with E-state index in [1.54, 1.807) is 36.4 Å². The van der Waals surface area contributed by atoms with Gasteiger partial charge in [0.15, 0.2) is 5.75 Å². The molecule has 0 aliphatic carbocycles. The molecule has 0 atom stereocenters. The van der Waals surface area contributed by atoms with Crippen molar-refractivity contribution < 1.29 is 13.9 Å². The fourth-order valence-corrected chi connectivity index (χ4v) is 2.21. The molecule has 3 aromatic rings. The van der Waals surface area contributed by atoms with Crippen LogP contribution in [0.2, 0.25) is 0 Å². The maximum Gasteiger partial charge on any atom is 0.255 e. The van der Waals surface area contributed by atoms with Crippen molar-refractivity contribution in [3.8, 4) is 5.75 Å². The van der Waals surface area contributed by atoms with Gasteiger partial charge in [0.1, 0.15) is 5.82 Å². The molecule has 1 N–H and O–H groups in total. The summed E-state index contributed by atoms with van der Waals surface area (Å²) < 4.78 is 26.5. The Morgan fingerprint density at radius 3 is 2.25 bits per heavy atom. The molecule has 100 valence electrons. The Bertz CT molecular complexity index is 769. The number of hydrogen-bond donors (Lipinski definition) is 1. The van der Waals surface area contributed by atoms with Gasteiger partial charge in [-0.15, -0.1) is 0 Å². The molecule has 0 spiro atoms. The Hall–Kier alpha value is -2.49. The molecule has 0 unspecified atom stereocenters. The number of halogens is 2. The van der Waals surface area contributed by atoms with Crippen LogP contribution in [0.4, 0.5) is 8.78 Å². The molecule has 0 saturated carbocycles. The summed E-state index contributed by atoms with van der Waals surface area (Å²) in [6.07, 6.45) is 0.373. The van der Waals surface area contributed by atoms with Gasteiger partial charge >= 0.3 is 0 Å². The molecule has 1 heterocycles. The van der Waals surface area contributed by atoms with E-state index in [1.165, 1.54) is 12.1 Å². The van der Waals surface area contributed by atoms with E-state index in [0.717, 1.165) is 5.56 Å². The lowest BCUT2D eigenvalue weighted by Gasteiger charge is -2.08. The van der Waals surface area contributed by atoms with E-state index < -0.39 is 11.7 Å². The Kier molecular flexibility index (Phi) is 3.06. The summed E-state index contributed by atoms with van der Waals surface area (Å²) in [6.45, 7) is 0. The number of pyridine rings is 1. The molecule has 0 fully saturated rings. The van der Waals surface area contributed by atoms with E-state index >= 15 is 0 Å². The summed E-state index contributed by atoms with van der Waals surface area (Å²) in [6, 6.07) is 12.9. The summed E-state index contributed by atoms with van der Waals surface area (Å²) in [5, 5.41) is 10.8. The number of nitrogens with zero attached hydrogens (tertiary/aromatic N) is 1. The van der Waals surface area contributed by atoms with Crippen molar-refractivity contribution in [2.75, 3.05) is 0 Å². The van der Waals surface area contributed by atoms with Gasteiger partial charge in [-0.3, -0.25) is 0 Å². The molecule has 0 amide bonds. The summed E-state index contributed by atoms with van der Waals surface area (Å²) in [4.78, 5) is 3.81. The highest BCUT2D eigenvalue weighted by Gasteiger charge is 2.12. The van der Waals surface area contributed by atoms with Crippen LogP contribution in [0.1, 0.15) is 11.3 Å². The van der Waals surface area contributed by atoms with Crippen LogP contribution in [0.15, 0.2) is 48.5 Å². The first-order valence-electron chi connectivity index (χ1n) is 6.15. The average Bonchev–Trinajstić information content (AvgIpc) is 2.47. The van der Waals surface area contributed by atoms with Crippen LogP contribution in [0.25, 0.3) is 10.8 Å². The van der Waals surface area contributed by atoms with Crippen molar-refractivity contribution >= 4 is 10.8 Å². The second kappa shape index (κ2) is 4.89. The molecule has 1 aromatic heterocycles. The summed E-state index contributed by atoms with van der Waals surface area (Å²) in [5.74, 6) is -1.65. The molecule has 0 aliphatic rings. The molecule has 0 aliphatic heterocycles. The first-order chi connectivity index (χ1) is 9.65. The minimum Gasteiger partial charge on any atom is -0.503 e. The molecule has 0 radical (unpaired) electrons. The molecule has 3 rings (SSSR count). The van der Waals surface area contributed by atoms with E-state index in [9.17, 15) is 13.9 Å². The van der Waals surface area contributed by atoms with Crippen molar-refractivity contribution in [3.05, 3.63) is 71.6 Å². The average molecular weight is 271 g/mol. The predicted octanol–water partition coefficient (Wildman–Crippen LogP) is 3.81. The first kappa shape index (κ1) is 12.5. The minimum absolute atomic E-state index is 0.316. The number of aromatic hydroxyl groups is 1. The Morgan fingerprint density at radius 1 is 0.900 bits per heavy atom. The van der Waals surface area contributed by atoms with E-state index in [0.29, 0.717) is 22.9 Å². The number of aromatic nitrogens is 1. The van der Waals surface area contributed by atoms with Gasteiger partial charge in [-0.25, -0.2) is 9.37 Å². The van der Waals surface area contributed by atoms with E-state index in [4.69, 9.17) is 0 Å². The van der Waals surface area contributed by atoms with Gasteiger partial charge in [-0.1, -0.05) is 36.4 Å². The fourth-order valence-electron chi connectivity index (χ4n) is 2.21. The van der Waals surface area contributed by atoms with Crippen molar-refractivity contribution in [2.24, 2.45) is 0 Å². The van der Waals surface area contributed by atoms with Crippen LogP contribution < -0.4 is 0 Å². The van der Waals surface area contributed by atoms with Crippen LogP contribution in [0.5, 0.6) is 5.75 Å². The van der Waals surface area contributed by atoms with Crippen LogP contribution in [-0.2, 0) is 6.42 Å². The number of hydrogen-bond acceptors (Lipinski definition) is 2. The first-order valence-corrected chi connectivity index (χ1v) is 6.15. The van der Waals surface area contributed by atoms with E-state index in [-0.39, 0.29) is 5.82 Å². The largest absolute Gasteiger partial charge is 0.503 e. The van der Waals surface area contributed by atoms with Gasteiger partial charge in [0.25, 0.3) is 5.95 Å². The highest BCUT2D eigenvalue weighted by molar-refractivity contribution is 5.89. The molecular formula is C16H11F2NO. The highest BCUT2D eigenvalue weighted by Crippen LogP contribution is 2.29. The minimum atomic E-state index is -0.888. The van der Waals surface area contributed by atoms with Crippen LogP contribution in [0, 0.1) is 11.8 Å². The lowest BCUT2D eigenvalue weighted by molar-refractivity contribution is 0.424. The summed E-state index contributed by atoms with van der Waals surface area (Å²) in [7, 11) is 0. The molecule has 4 heteroatoms. The van der Waals surface area contributed by atoms with Crippen LogP contribution in [0.3, 0.4) is 0 Å². The Labute approximate surface area is 114 Å². The molecule has 2 aromatic carbocycles. The van der Waals surface area contributed by atoms with E-state index in [2.05, 4.69) is 4.98 Å². The molecule has 20 heavy (non-hydrogen) atoms. The topological polar surface area (TPSA) is 33.1 Å². The van der Waals surface area contributed by atoms with Crippen LogP contribution >= 0.6 is 0 Å². The number of fused-ring (bicyclic) bond motifs is 1.